The number of nitrogens with one attached hydrogen (secondary N) is 1. The lowest BCUT2D eigenvalue weighted by Crippen LogP contribution is -2.36. The first kappa shape index (κ1) is 13.3. The van der Waals surface area contributed by atoms with E-state index in [9.17, 15) is 13.6 Å². The number of ether oxygens (including phenoxy) is 1. The lowest BCUT2D eigenvalue weighted by Gasteiger charge is -2.22. The summed E-state index contributed by atoms with van der Waals surface area (Å²) < 4.78 is 33.2. The Kier molecular flexibility index (Phi) is 3.35. The molecule has 18 heavy (non-hydrogen) atoms. The second kappa shape index (κ2) is 4.52. The lowest BCUT2D eigenvalue weighted by atomic mass is 10.0. The van der Waals surface area contributed by atoms with Crippen LogP contribution in [0.4, 0.5) is 8.78 Å². The van der Waals surface area contributed by atoms with E-state index in [0.717, 1.165) is 10.8 Å². The van der Waals surface area contributed by atoms with Gasteiger partial charge in [-0.2, -0.15) is 0 Å². The van der Waals surface area contributed by atoms with E-state index in [1.165, 1.54) is 6.92 Å². The average Bonchev–Trinajstić information content (AvgIpc) is 2.59. The van der Waals surface area contributed by atoms with E-state index in [0.29, 0.717) is 0 Å². The summed E-state index contributed by atoms with van der Waals surface area (Å²) in [6.45, 7) is 0.870. The molecule has 0 radical (unpaired) electrons. The maximum absolute atomic E-state index is 14.3. The van der Waals surface area contributed by atoms with Crippen molar-refractivity contribution in [2.24, 2.45) is 0 Å². The minimum atomic E-state index is -1.87. The van der Waals surface area contributed by atoms with Crippen LogP contribution >= 0.6 is 12.2 Å². The molecule has 100 valence electrons. The second-order valence-electron chi connectivity index (χ2n) is 4.42. The minimum Gasteiger partial charge on any atom is -0.394 e. The van der Waals surface area contributed by atoms with Crippen molar-refractivity contribution in [3.05, 3.63) is 27.1 Å². The molecule has 1 aliphatic heterocycles. The lowest BCUT2D eigenvalue weighted by molar-refractivity contribution is -0.0615. The third-order valence-corrected chi connectivity index (χ3v) is 3.14. The van der Waals surface area contributed by atoms with Gasteiger partial charge in [0, 0.05) is 6.42 Å². The molecular formula is C10H12F2N2O3S. The average molecular weight is 278 g/mol. The van der Waals surface area contributed by atoms with Crippen molar-refractivity contribution in [2.75, 3.05) is 6.61 Å². The van der Waals surface area contributed by atoms with Gasteiger partial charge in [0.2, 0.25) is 0 Å². The van der Waals surface area contributed by atoms with Crippen molar-refractivity contribution in [3.63, 3.8) is 0 Å². The molecule has 0 aromatic carbocycles. The standard InChI is InChI=1S/C10H12F2N2O3S/c1-10(12)2-5(4-15)17-8(10)14-3-6(11)7(18)13-9(14)16/h3,5,8,15H,2,4H2,1H3,(H,13,16,18)/t5-,8+,10+/m0/s1. The third kappa shape index (κ3) is 2.23. The van der Waals surface area contributed by atoms with Crippen LogP contribution in [0, 0.1) is 10.5 Å². The molecule has 5 nitrogen and oxygen atoms in total. The van der Waals surface area contributed by atoms with Gasteiger partial charge in [-0.1, -0.05) is 12.2 Å². The molecule has 1 aliphatic rings. The van der Waals surface area contributed by atoms with E-state index in [4.69, 9.17) is 9.84 Å². The summed E-state index contributed by atoms with van der Waals surface area (Å²) in [6, 6.07) is 0. The highest BCUT2D eigenvalue weighted by atomic mass is 32.1. The Bertz CT molecular complexity index is 569. The number of hydrogen-bond donors (Lipinski definition) is 2. The summed E-state index contributed by atoms with van der Waals surface area (Å²) in [5.41, 5.74) is -2.63. The van der Waals surface area contributed by atoms with Crippen molar-refractivity contribution >= 4 is 12.2 Å². The highest BCUT2D eigenvalue weighted by Gasteiger charge is 2.47. The van der Waals surface area contributed by atoms with Crippen molar-refractivity contribution in [1.29, 1.82) is 0 Å². The SMILES string of the molecule is C[C@@]1(F)C[C@@H](CO)O[C@H]1n1cc(F)c(=S)[nH]c1=O. The van der Waals surface area contributed by atoms with Crippen LogP contribution < -0.4 is 5.69 Å². The van der Waals surface area contributed by atoms with Crippen LogP contribution in [0.5, 0.6) is 0 Å². The molecular weight excluding hydrogens is 266 g/mol. The molecule has 0 spiro atoms. The van der Waals surface area contributed by atoms with E-state index in [-0.39, 0.29) is 17.7 Å². The van der Waals surface area contributed by atoms with Crippen LogP contribution in [0.25, 0.3) is 0 Å². The largest absolute Gasteiger partial charge is 0.394 e. The van der Waals surface area contributed by atoms with Crippen LogP contribution in [0.3, 0.4) is 0 Å². The van der Waals surface area contributed by atoms with Gasteiger partial charge in [-0.05, 0) is 6.92 Å². The molecule has 8 heteroatoms. The molecule has 0 unspecified atom stereocenters. The van der Waals surface area contributed by atoms with Gasteiger partial charge in [-0.3, -0.25) is 9.55 Å². The van der Waals surface area contributed by atoms with E-state index in [2.05, 4.69) is 17.2 Å². The topological polar surface area (TPSA) is 67.2 Å². The Labute approximate surface area is 106 Å². The zero-order valence-corrected chi connectivity index (χ0v) is 10.3. The summed E-state index contributed by atoms with van der Waals surface area (Å²) in [7, 11) is 0. The van der Waals surface area contributed by atoms with Crippen LogP contribution in [0.1, 0.15) is 19.6 Å². The fraction of sp³-hybridized carbons (Fsp3) is 0.600. The molecule has 3 atom stereocenters. The van der Waals surface area contributed by atoms with Crippen LogP contribution in [-0.4, -0.2) is 33.0 Å². The molecule has 1 fully saturated rings. The van der Waals surface area contributed by atoms with Crippen LogP contribution in [0.15, 0.2) is 11.0 Å². The van der Waals surface area contributed by atoms with Gasteiger partial charge in [-0.25, -0.2) is 13.6 Å². The molecule has 2 N–H and O–H groups in total. The van der Waals surface area contributed by atoms with Gasteiger partial charge in [0.1, 0.15) is 4.64 Å². The van der Waals surface area contributed by atoms with Gasteiger partial charge in [0.15, 0.2) is 17.7 Å². The molecule has 0 aliphatic carbocycles. The maximum atomic E-state index is 14.3. The van der Waals surface area contributed by atoms with Gasteiger partial charge >= 0.3 is 5.69 Å². The van der Waals surface area contributed by atoms with Crippen molar-refractivity contribution in [1.82, 2.24) is 9.55 Å². The molecule has 2 heterocycles. The van der Waals surface area contributed by atoms with Crippen LogP contribution in [-0.2, 0) is 4.74 Å². The Balaban J connectivity index is 2.46. The Morgan fingerprint density at radius 3 is 3.00 bits per heavy atom. The van der Waals surface area contributed by atoms with Crippen molar-refractivity contribution in [2.45, 2.75) is 31.3 Å². The van der Waals surface area contributed by atoms with Gasteiger partial charge in [0.05, 0.1) is 18.9 Å². The molecule has 0 amide bonds. The Hall–Kier alpha value is -1.12. The summed E-state index contributed by atoms with van der Waals surface area (Å²) in [5.74, 6) is -0.837. The number of H-pyrrole nitrogens is 1. The van der Waals surface area contributed by atoms with Gasteiger partial charge in [-0.15, -0.1) is 0 Å². The summed E-state index contributed by atoms with van der Waals surface area (Å²) >= 11 is 4.56. The maximum Gasteiger partial charge on any atom is 0.328 e. The third-order valence-electron chi connectivity index (χ3n) is 2.84. The van der Waals surface area contributed by atoms with E-state index >= 15 is 0 Å². The highest BCUT2D eigenvalue weighted by Crippen LogP contribution is 2.40. The highest BCUT2D eigenvalue weighted by molar-refractivity contribution is 7.71. The van der Waals surface area contributed by atoms with Crippen molar-refractivity contribution < 1.29 is 18.6 Å². The number of halogens is 2. The summed E-state index contributed by atoms with van der Waals surface area (Å²) in [4.78, 5) is 13.7. The zero-order valence-electron chi connectivity index (χ0n) is 9.52. The Morgan fingerprint density at radius 1 is 1.78 bits per heavy atom. The quantitative estimate of drug-likeness (QED) is 0.794. The molecule has 0 bridgehead atoms. The zero-order chi connectivity index (χ0) is 13.5. The monoisotopic (exact) mass is 278 g/mol. The predicted octanol–water partition coefficient (Wildman–Crippen LogP) is 1.05. The van der Waals surface area contributed by atoms with Gasteiger partial charge in [0.25, 0.3) is 0 Å². The van der Waals surface area contributed by atoms with E-state index < -0.39 is 29.5 Å². The normalized spacial score (nSPS) is 31.8. The first-order chi connectivity index (χ1) is 8.35. The molecule has 1 aromatic rings. The van der Waals surface area contributed by atoms with E-state index in [1.807, 2.05) is 0 Å². The number of aliphatic hydroxyl groups is 1. The number of hydrogen-bond acceptors (Lipinski definition) is 4. The Morgan fingerprint density at radius 2 is 2.44 bits per heavy atom. The molecule has 1 aromatic heterocycles. The minimum absolute atomic E-state index is 0.0716. The molecule has 2 rings (SSSR count). The fourth-order valence-electron chi connectivity index (χ4n) is 2.02. The first-order valence-corrected chi connectivity index (χ1v) is 5.72. The second-order valence-corrected chi connectivity index (χ2v) is 4.83. The molecule has 0 saturated carbocycles. The number of nitrogens with zero attached hydrogens (tertiary/aromatic N) is 1. The number of aromatic amines is 1. The number of rotatable bonds is 2. The number of alkyl halides is 1. The van der Waals surface area contributed by atoms with E-state index in [1.54, 1.807) is 0 Å². The van der Waals surface area contributed by atoms with Crippen molar-refractivity contribution in [3.8, 4) is 0 Å². The van der Waals surface area contributed by atoms with Gasteiger partial charge < -0.3 is 9.84 Å². The summed E-state index contributed by atoms with van der Waals surface area (Å²) in [6.07, 6.45) is -1.27. The molecule has 1 saturated heterocycles. The predicted molar refractivity (Wildman–Crippen MR) is 61.0 cm³/mol. The smallest absolute Gasteiger partial charge is 0.328 e. The first-order valence-electron chi connectivity index (χ1n) is 5.31. The number of aliphatic hydroxyl groups excluding tert-OH is 1. The fourth-order valence-corrected chi connectivity index (χ4v) is 2.16. The number of aromatic nitrogens is 2. The van der Waals surface area contributed by atoms with Crippen LogP contribution in [0.2, 0.25) is 0 Å². The summed E-state index contributed by atoms with van der Waals surface area (Å²) in [5, 5.41) is 8.95.